The molecule has 7 heteroatoms. The number of nitrogens with one attached hydrogen (secondary N) is 1. The molecule has 0 heterocycles. The minimum absolute atomic E-state index is 0.0970. The van der Waals surface area contributed by atoms with Crippen molar-refractivity contribution in [2.45, 2.75) is 45.4 Å². The molecule has 1 aliphatic rings. The fraction of sp³-hybridized carbons (Fsp3) is 0.250. The molecule has 1 aliphatic carbocycles. The van der Waals surface area contributed by atoms with Gasteiger partial charge >= 0.3 is 6.18 Å². The number of hydrogen-bond acceptors (Lipinski definition) is 2. The molecule has 0 fully saturated rings. The molecule has 0 unspecified atom stereocenters. The lowest BCUT2D eigenvalue weighted by molar-refractivity contribution is -0.137. The van der Waals surface area contributed by atoms with Crippen LogP contribution in [0.5, 0.6) is 5.75 Å². The second kappa shape index (κ2) is 10.3. The van der Waals surface area contributed by atoms with Crippen LogP contribution in [-0.4, -0.2) is 5.91 Å². The maximum Gasteiger partial charge on any atom is 0.416 e. The lowest BCUT2D eigenvalue weighted by atomic mass is 9.94. The summed E-state index contributed by atoms with van der Waals surface area (Å²) in [5.74, 6) is -0.147. The Morgan fingerprint density at radius 3 is 2.43 bits per heavy atom. The molecule has 0 atom stereocenters. The molecule has 0 saturated carbocycles. The first kappa shape index (κ1) is 24.5. The van der Waals surface area contributed by atoms with Gasteiger partial charge in [0.15, 0.2) is 0 Å². The zero-order valence-electron chi connectivity index (χ0n) is 19.2. The molecule has 3 aromatic rings. The molecule has 0 bridgehead atoms. The molecule has 1 N–H and O–H groups in total. The van der Waals surface area contributed by atoms with Crippen molar-refractivity contribution in [3.8, 4) is 5.75 Å². The van der Waals surface area contributed by atoms with Crippen LogP contribution >= 0.6 is 0 Å². The first-order valence-corrected chi connectivity index (χ1v) is 11.5. The Kier molecular flexibility index (Phi) is 7.24. The van der Waals surface area contributed by atoms with Crippen LogP contribution in [0.1, 0.15) is 54.9 Å². The van der Waals surface area contributed by atoms with Gasteiger partial charge in [-0.15, -0.1) is 0 Å². The Balaban J connectivity index is 1.74. The van der Waals surface area contributed by atoms with Crippen molar-refractivity contribution in [3.63, 3.8) is 0 Å². The lowest BCUT2D eigenvalue weighted by Gasteiger charge is -2.17. The maximum atomic E-state index is 13.6. The summed E-state index contributed by atoms with van der Waals surface area (Å²) >= 11 is 0. The van der Waals surface area contributed by atoms with Crippen molar-refractivity contribution in [1.29, 1.82) is 0 Å². The van der Waals surface area contributed by atoms with E-state index in [0.29, 0.717) is 41.8 Å². The van der Waals surface area contributed by atoms with E-state index >= 15 is 0 Å². The summed E-state index contributed by atoms with van der Waals surface area (Å²) in [5.41, 5.74) is 3.59. The predicted molar refractivity (Wildman–Crippen MR) is 128 cm³/mol. The number of allylic oxidation sites excluding steroid dienone is 2. The number of amides is 1. The second-order valence-electron chi connectivity index (χ2n) is 8.42. The van der Waals surface area contributed by atoms with Gasteiger partial charge in [-0.1, -0.05) is 31.2 Å². The average Bonchev–Trinajstić information content (AvgIpc) is 3.33. The maximum absolute atomic E-state index is 13.6. The monoisotopic (exact) mass is 483 g/mol. The summed E-state index contributed by atoms with van der Waals surface area (Å²) in [4.78, 5) is 11.8. The molecule has 4 rings (SSSR count). The molecule has 0 saturated heterocycles. The van der Waals surface area contributed by atoms with Gasteiger partial charge in [-0.2, -0.15) is 13.2 Å². The van der Waals surface area contributed by atoms with Gasteiger partial charge in [0.05, 0.1) is 5.56 Å². The fourth-order valence-electron chi connectivity index (χ4n) is 4.20. The Hall–Kier alpha value is -3.61. The minimum Gasteiger partial charge on any atom is -0.488 e. The van der Waals surface area contributed by atoms with Crippen molar-refractivity contribution in [2.24, 2.45) is 0 Å². The van der Waals surface area contributed by atoms with Gasteiger partial charge in [-0.3, -0.25) is 4.79 Å². The second-order valence-corrected chi connectivity index (χ2v) is 8.42. The lowest BCUT2D eigenvalue weighted by Crippen LogP contribution is -2.09. The molecule has 0 spiro atoms. The number of halogens is 4. The van der Waals surface area contributed by atoms with E-state index in [9.17, 15) is 22.4 Å². The first-order valence-electron chi connectivity index (χ1n) is 11.5. The molecule has 0 aromatic heterocycles. The van der Waals surface area contributed by atoms with Crippen molar-refractivity contribution in [3.05, 3.63) is 94.8 Å². The van der Waals surface area contributed by atoms with E-state index in [4.69, 9.17) is 4.74 Å². The number of alkyl halides is 3. The third kappa shape index (κ3) is 5.91. The van der Waals surface area contributed by atoms with E-state index in [2.05, 4.69) is 5.32 Å². The van der Waals surface area contributed by atoms with E-state index < -0.39 is 11.7 Å². The predicted octanol–water partition coefficient (Wildman–Crippen LogP) is 7.87. The van der Waals surface area contributed by atoms with Gasteiger partial charge in [0, 0.05) is 17.7 Å². The zero-order chi connectivity index (χ0) is 25.0. The first-order chi connectivity index (χ1) is 16.7. The Bertz CT molecular complexity index is 1250. The number of hydrogen-bond donors (Lipinski definition) is 1. The summed E-state index contributed by atoms with van der Waals surface area (Å²) in [6.07, 6.45) is -2.04. The van der Waals surface area contributed by atoms with Crippen LogP contribution in [0.15, 0.2) is 66.7 Å². The Morgan fingerprint density at radius 1 is 0.971 bits per heavy atom. The van der Waals surface area contributed by atoms with E-state index in [1.54, 1.807) is 25.1 Å². The summed E-state index contributed by atoms with van der Waals surface area (Å²) in [5, 5.41) is 2.83. The highest BCUT2D eigenvalue weighted by atomic mass is 19.4. The molecule has 35 heavy (non-hydrogen) atoms. The summed E-state index contributed by atoms with van der Waals surface area (Å²) in [6, 6.07) is 16.6. The van der Waals surface area contributed by atoms with Gasteiger partial charge in [0.1, 0.15) is 18.2 Å². The number of carbonyl (C=O) groups excluding carboxylic acids is 1. The number of carbonyl (C=O) groups is 1. The van der Waals surface area contributed by atoms with E-state index in [1.165, 1.54) is 18.2 Å². The normalized spacial score (nSPS) is 13.7. The van der Waals surface area contributed by atoms with Crippen LogP contribution in [-0.2, 0) is 17.6 Å². The topological polar surface area (TPSA) is 38.3 Å². The molecule has 3 aromatic carbocycles. The van der Waals surface area contributed by atoms with Crippen molar-refractivity contribution < 1.29 is 27.1 Å². The van der Waals surface area contributed by atoms with Gasteiger partial charge < -0.3 is 10.1 Å². The van der Waals surface area contributed by atoms with Crippen molar-refractivity contribution in [1.82, 2.24) is 0 Å². The van der Waals surface area contributed by atoms with Crippen LogP contribution in [0.3, 0.4) is 0 Å². The summed E-state index contributed by atoms with van der Waals surface area (Å²) < 4.78 is 59.9. The molecule has 0 aliphatic heterocycles. The third-order valence-electron chi connectivity index (χ3n) is 5.97. The fourth-order valence-corrected chi connectivity index (χ4v) is 4.20. The Labute approximate surface area is 201 Å². The SMILES string of the molecule is CCC(=O)Nc1cccc(C2=C(c3cc(C(F)(F)F)ccc3OCc3ccc(F)cc3)CCC2)c1. The van der Waals surface area contributed by atoms with Crippen LogP contribution in [0.25, 0.3) is 11.1 Å². The smallest absolute Gasteiger partial charge is 0.416 e. The average molecular weight is 484 g/mol. The molecule has 1 amide bonds. The van der Waals surface area contributed by atoms with E-state index in [-0.39, 0.29) is 18.3 Å². The van der Waals surface area contributed by atoms with Gasteiger partial charge in [-0.05, 0) is 84.0 Å². The standard InChI is InChI=1S/C28H25F4NO2/c1-2-27(34)33-22-6-3-5-19(15-22)23-7-4-8-24(23)25-16-20(28(30,31)32)11-14-26(25)35-17-18-9-12-21(29)13-10-18/h3,5-6,9-16H,2,4,7-8,17H2,1H3,(H,33,34). The van der Waals surface area contributed by atoms with Crippen LogP contribution in [0, 0.1) is 5.82 Å². The molecular weight excluding hydrogens is 458 g/mol. The van der Waals surface area contributed by atoms with Gasteiger partial charge in [0.2, 0.25) is 5.91 Å². The van der Waals surface area contributed by atoms with Crippen LogP contribution in [0.2, 0.25) is 0 Å². The quantitative estimate of drug-likeness (QED) is 0.347. The molecule has 3 nitrogen and oxygen atoms in total. The third-order valence-corrected chi connectivity index (χ3v) is 5.97. The molecule has 182 valence electrons. The van der Waals surface area contributed by atoms with Crippen LogP contribution in [0.4, 0.5) is 23.2 Å². The highest BCUT2D eigenvalue weighted by Gasteiger charge is 2.32. The van der Waals surface area contributed by atoms with Gasteiger partial charge in [0.25, 0.3) is 0 Å². The Morgan fingerprint density at radius 2 is 1.71 bits per heavy atom. The number of ether oxygens (including phenoxy) is 1. The highest BCUT2D eigenvalue weighted by Crippen LogP contribution is 2.45. The van der Waals surface area contributed by atoms with Crippen molar-refractivity contribution >= 4 is 22.7 Å². The summed E-state index contributed by atoms with van der Waals surface area (Å²) in [7, 11) is 0. The van der Waals surface area contributed by atoms with Crippen molar-refractivity contribution in [2.75, 3.05) is 5.32 Å². The number of anilines is 1. The van der Waals surface area contributed by atoms with E-state index in [1.807, 2.05) is 18.2 Å². The number of benzene rings is 3. The van der Waals surface area contributed by atoms with Crippen LogP contribution < -0.4 is 10.1 Å². The largest absolute Gasteiger partial charge is 0.488 e. The highest BCUT2D eigenvalue weighted by molar-refractivity contribution is 5.96. The molecular formula is C28H25F4NO2. The summed E-state index contributed by atoms with van der Waals surface area (Å²) in [6.45, 7) is 1.86. The molecule has 0 radical (unpaired) electrons. The minimum atomic E-state index is -4.49. The zero-order valence-corrected chi connectivity index (χ0v) is 19.2. The van der Waals surface area contributed by atoms with E-state index in [0.717, 1.165) is 35.3 Å². The van der Waals surface area contributed by atoms with Gasteiger partial charge in [-0.25, -0.2) is 4.39 Å². The number of rotatable bonds is 7.